The fourth-order valence-electron chi connectivity index (χ4n) is 1.78. The lowest BCUT2D eigenvalue weighted by molar-refractivity contribution is -0.115. The molecule has 0 saturated carbocycles. The highest BCUT2D eigenvalue weighted by Crippen LogP contribution is 2.29. The van der Waals surface area contributed by atoms with Crippen molar-refractivity contribution in [3.05, 3.63) is 29.5 Å². The minimum absolute atomic E-state index is 0.121. The van der Waals surface area contributed by atoms with Gasteiger partial charge in [-0.2, -0.15) is 8.78 Å². The molecule has 0 spiro atoms. The van der Waals surface area contributed by atoms with E-state index in [-0.39, 0.29) is 24.0 Å². The van der Waals surface area contributed by atoms with Crippen molar-refractivity contribution in [2.24, 2.45) is 4.99 Å². The third-order valence-electron chi connectivity index (χ3n) is 2.75. The van der Waals surface area contributed by atoms with Gasteiger partial charge in [-0.05, 0) is 30.7 Å². The minimum Gasteiger partial charge on any atom is -0.504 e. The molecule has 1 atom stereocenters. The van der Waals surface area contributed by atoms with Crippen LogP contribution in [0.4, 0.5) is 8.78 Å². The summed E-state index contributed by atoms with van der Waals surface area (Å²) in [5.74, 6) is -1.07. The van der Waals surface area contributed by atoms with E-state index in [0.29, 0.717) is 5.56 Å². The molecule has 1 amide bonds. The van der Waals surface area contributed by atoms with Gasteiger partial charge in [0, 0.05) is 0 Å². The molecule has 4 N–H and O–H groups in total. The van der Waals surface area contributed by atoms with Crippen LogP contribution < -0.4 is 15.4 Å². The van der Waals surface area contributed by atoms with Gasteiger partial charge in [0.1, 0.15) is 5.70 Å². The average Bonchev–Trinajstić information content (AvgIpc) is 2.80. The number of aliphatic hydroxyl groups excluding tert-OH is 1. The second-order valence-electron chi connectivity index (χ2n) is 4.78. The molecular formula is C14H15F2N3O4. The Hall–Kier alpha value is -2.68. The number of phenolic OH excluding ortho intramolecular Hbond substituents is 1. The van der Waals surface area contributed by atoms with Gasteiger partial charge in [0.15, 0.2) is 11.5 Å². The Balaban J connectivity index is 2.14. The van der Waals surface area contributed by atoms with Crippen LogP contribution in [-0.2, 0) is 4.79 Å². The number of aliphatic hydroxyl groups is 1. The van der Waals surface area contributed by atoms with Crippen molar-refractivity contribution < 1.29 is 28.5 Å². The van der Waals surface area contributed by atoms with Crippen LogP contribution in [0.5, 0.6) is 11.5 Å². The normalized spacial score (nSPS) is 19.1. The largest absolute Gasteiger partial charge is 0.504 e. The summed E-state index contributed by atoms with van der Waals surface area (Å²) in [5, 5.41) is 23.9. The number of benzene rings is 1. The zero-order chi connectivity index (χ0) is 17.0. The topological polar surface area (TPSA) is 103 Å². The lowest BCUT2D eigenvalue weighted by Gasteiger charge is -2.07. The van der Waals surface area contributed by atoms with Crippen molar-refractivity contribution in [3.63, 3.8) is 0 Å². The summed E-state index contributed by atoms with van der Waals surface area (Å²) in [5.41, 5.74) is 0.565. The molecule has 1 aromatic carbocycles. The van der Waals surface area contributed by atoms with Crippen molar-refractivity contribution in [2.45, 2.75) is 19.6 Å². The Bertz CT molecular complexity index is 659. The molecule has 23 heavy (non-hydrogen) atoms. The number of aromatic hydroxyl groups is 1. The highest BCUT2D eigenvalue weighted by Gasteiger charge is 2.21. The predicted molar refractivity (Wildman–Crippen MR) is 78.0 cm³/mol. The van der Waals surface area contributed by atoms with Crippen molar-refractivity contribution in [2.75, 3.05) is 6.54 Å². The molecule has 7 nitrogen and oxygen atoms in total. The molecule has 1 fully saturated rings. The highest BCUT2D eigenvalue weighted by molar-refractivity contribution is 6.15. The van der Waals surface area contributed by atoms with E-state index in [1.54, 1.807) is 6.92 Å². The molecule has 2 rings (SSSR count). The maximum absolute atomic E-state index is 12.1. The van der Waals surface area contributed by atoms with Gasteiger partial charge in [0.25, 0.3) is 5.91 Å². The van der Waals surface area contributed by atoms with Crippen LogP contribution in [0.1, 0.15) is 12.5 Å². The second kappa shape index (κ2) is 7.05. The van der Waals surface area contributed by atoms with E-state index in [2.05, 4.69) is 20.4 Å². The number of rotatable bonds is 5. The number of halogens is 2. The molecule has 0 radical (unpaired) electrons. The summed E-state index contributed by atoms with van der Waals surface area (Å²) in [4.78, 5) is 15.7. The summed E-state index contributed by atoms with van der Waals surface area (Å²) in [7, 11) is 0. The number of nitrogens with one attached hydrogen (secondary N) is 2. The maximum Gasteiger partial charge on any atom is 0.387 e. The van der Waals surface area contributed by atoms with Crippen molar-refractivity contribution >= 4 is 17.9 Å². The Morgan fingerprint density at radius 1 is 1.39 bits per heavy atom. The number of carbonyl (C=O) groups excluding carboxylic acids is 1. The first-order valence-corrected chi connectivity index (χ1v) is 6.65. The first kappa shape index (κ1) is 16.7. The molecule has 0 aromatic heterocycles. The van der Waals surface area contributed by atoms with Gasteiger partial charge in [-0.3, -0.25) is 10.1 Å². The molecule has 124 valence electrons. The number of aliphatic imine (C=N–C) groups is 1. The van der Waals surface area contributed by atoms with Crippen molar-refractivity contribution in [1.29, 1.82) is 0 Å². The number of hydrogen-bond acceptors (Lipinski definition) is 5. The van der Waals surface area contributed by atoms with E-state index in [9.17, 15) is 18.7 Å². The van der Waals surface area contributed by atoms with Crippen LogP contribution in [-0.4, -0.2) is 41.3 Å². The van der Waals surface area contributed by atoms with Gasteiger partial charge in [0.2, 0.25) is 5.96 Å². The third-order valence-corrected chi connectivity index (χ3v) is 2.75. The zero-order valence-electron chi connectivity index (χ0n) is 12.1. The Labute approximate surface area is 130 Å². The molecule has 1 heterocycles. The standard InChI is InChI=1S/C14H15F2N3O4/c1-7(20)6-17-14-18-9(12(22)19-14)4-8-2-3-11(10(21)5-8)23-13(15)16/h2-5,7,13,20-21H,6H2,1H3,(H2,17,18,19,22)/b9-4+. The fraction of sp³-hybridized carbons (Fsp3) is 0.286. The molecular weight excluding hydrogens is 312 g/mol. The molecule has 1 aromatic rings. The van der Waals surface area contributed by atoms with E-state index in [0.717, 1.165) is 0 Å². The quantitative estimate of drug-likeness (QED) is 0.599. The van der Waals surface area contributed by atoms with Crippen LogP contribution in [0.3, 0.4) is 0 Å². The molecule has 1 aliphatic heterocycles. The van der Waals surface area contributed by atoms with Gasteiger partial charge < -0.3 is 20.3 Å². The van der Waals surface area contributed by atoms with E-state index in [1.165, 1.54) is 24.3 Å². The summed E-state index contributed by atoms with van der Waals surface area (Å²) < 4.78 is 28.3. The number of ether oxygens (including phenoxy) is 1. The first-order valence-electron chi connectivity index (χ1n) is 6.65. The van der Waals surface area contributed by atoms with E-state index in [4.69, 9.17) is 5.11 Å². The zero-order valence-corrected chi connectivity index (χ0v) is 12.1. The minimum atomic E-state index is -3.04. The van der Waals surface area contributed by atoms with E-state index < -0.39 is 24.4 Å². The van der Waals surface area contributed by atoms with Gasteiger partial charge in [-0.1, -0.05) is 6.07 Å². The first-order chi connectivity index (χ1) is 10.8. The molecule has 9 heteroatoms. The Morgan fingerprint density at radius 2 is 2.13 bits per heavy atom. The predicted octanol–water partition coefficient (Wildman–Crippen LogP) is 0.791. The van der Waals surface area contributed by atoms with Crippen LogP contribution in [0.25, 0.3) is 6.08 Å². The molecule has 1 unspecified atom stereocenters. The SMILES string of the molecule is CC(O)CN=C1NC(=O)/C(=C\c2ccc(OC(F)F)c(O)c2)N1. The third kappa shape index (κ3) is 4.65. The van der Waals surface area contributed by atoms with Gasteiger partial charge in [-0.15, -0.1) is 0 Å². The van der Waals surface area contributed by atoms with Crippen LogP contribution in [0.2, 0.25) is 0 Å². The summed E-state index contributed by atoms with van der Waals surface area (Å²) in [6, 6.07) is 3.76. The number of carbonyl (C=O) groups is 1. The summed E-state index contributed by atoms with van der Waals surface area (Å²) >= 11 is 0. The number of nitrogens with zero attached hydrogens (tertiary/aromatic N) is 1. The average molecular weight is 327 g/mol. The number of alkyl halides is 2. The molecule has 0 aliphatic carbocycles. The fourth-order valence-corrected chi connectivity index (χ4v) is 1.78. The lowest BCUT2D eigenvalue weighted by atomic mass is 10.1. The molecule has 0 bridgehead atoms. The van der Waals surface area contributed by atoms with Gasteiger partial charge in [0.05, 0.1) is 12.6 Å². The van der Waals surface area contributed by atoms with E-state index in [1.807, 2.05) is 0 Å². The number of guanidine groups is 1. The summed E-state index contributed by atoms with van der Waals surface area (Å²) in [6.45, 7) is -1.36. The lowest BCUT2D eigenvalue weighted by Crippen LogP contribution is -2.26. The Kier molecular flexibility index (Phi) is 5.12. The van der Waals surface area contributed by atoms with Crippen LogP contribution in [0, 0.1) is 0 Å². The summed E-state index contributed by atoms with van der Waals surface area (Å²) in [6.07, 6.45) is 0.764. The number of phenols is 1. The highest BCUT2D eigenvalue weighted by atomic mass is 19.3. The van der Waals surface area contributed by atoms with Gasteiger partial charge in [-0.25, -0.2) is 4.99 Å². The molecule has 1 aliphatic rings. The molecule has 1 saturated heterocycles. The van der Waals surface area contributed by atoms with E-state index >= 15 is 0 Å². The maximum atomic E-state index is 12.1. The van der Waals surface area contributed by atoms with Crippen LogP contribution >= 0.6 is 0 Å². The Morgan fingerprint density at radius 3 is 2.74 bits per heavy atom. The smallest absolute Gasteiger partial charge is 0.387 e. The number of hydrogen-bond donors (Lipinski definition) is 4. The monoisotopic (exact) mass is 327 g/mol. The van der Waals surface area contributed by atoms with Crippen molar-refractivity contribution in [3.8, 4) is 11.5 Å². The van der Waals surface area contributed by atoms with Gasteiger partial charge >= 0.3 is 6.61 Å². The number of amides is 1. The second-order valence-corrected chi connectivity index (χ2v) is 4.78. The van der Waals surface area contributed by atoms with Crippen molar-refractivity contribution in [1.82, 2.24) is 10.6 Å². The van der Waals surface area contributed by atoms with Crippen LogP contribution in [0.15, 0.2) is 28.9 Å².